The first-order valence-electron chi connectivity index (χ1n) is 7.74. The third kappa shape index (κ3) is 2.17. The van der Waals surface area contributed by atoms with Gasteiger partial charge >= 0.3 is 0 Å². The van der Waals surface area contributed by atoms with Gasteiger partial charge in [0.2, 0.25) is 0 Å². The van der Waals surface area contributed by atoms with E-state index in [9.17, 15) is 0 Å². The van der Waals surface area contributed by atoms with E-state index < -0.39 is 0 Å². The van der Waals surface area contributed by atoms with Gasteiger partial charge in [0.05, 0.1) is 28.0 Å². The van der Waals surface area contributed by atoms with Gasteiger partial charge in [-0.3, -0.25) is 0 Å². The molecule has 2 aromatic carbocycles. The molecule has 4 aromatic rings. The molecule has 0 aliphatic heterocycles. The molecule has 0 aliphatic carbocycles. The van der Waals surface area contributed by atoms with E-state index in [-0.39, 0.29) is 5.92 Å². The Morgan fingerprint density at radius 1 is 0.818 bits per heavy atom. The Balaban J connectivity index is 1.82. The van der Waals surface area contributed by atoms with Crippen molar-refractivity contribution in [1.82, 2.24) is 19.9 Å². The number of aromatic nitrogens is 4. The molecule has 2 aromatic heterocycles. The normalized spacial score (nSPS) is 11.7. The van der Waals surface area contributed by atoms with Gasteiger partial charge in [-0.05, 0) is 30.7 Å². The Labute approximate surface area is 128 Å². The highest BCUT2D eigenvalue weighted by Gasteiger charge is 2.20. The number of nitrogens with zero attached hydrogens (tertiary/aromatic N) is 2. The maximum Gasteiger partial charge on any atom is 0.117 e. The zero-order valence-electron chi connectivity index (χ0n) is 12.5. The molecule has 22 heavy (non-hydrogen) atoms. The second-order valence-electron chi connectivity index (χ2n) is 5.62. The van der Waals surface area contributed by atoms with Crippen molar-refractivity contribution in [2.24, 2.45) is 0 Å². The zero-order valence-corrected chi connectivity index (χ0v) is 12.5. The molecule has 0 spiro atoms. The van der Waals surface area contributed by atoms with Crippen molar-refractivity contribution in [3.05, 3.63) is 60.2 Å². The lowest BCUT2D eigenvalue weighted by atomic mass is 10.0. The van der Waals surface area contributed by atoms with E-state index in [1.54, 1.807) is 0 Å². The van der Waals surface area contributed by atoms with Gasteiger partial charge in [0.15, 0.2) is 0 Å². The number of hydrogen-bond donors (Lipinski definition) is 2. The fraction of sp³-hybridized carbons (Fsp3) is 0.222. The summed E-state index contributed by atoms with van der Waals surface area (Å²) in [5.41, 5.74) is 4.17. The quantitative estimate of drug-likeness (QED) is 0.586. The van der Waals surface area contributed by atoms with Crippen molar-refractivity contribution in [1.29, 1.82) is 0 Å². The van der Waals surface area contributed by atoms with Crippen molar-refractivity contribution in [3.8, 4) is 0 Å². The van der Waals surface area contributed by atoms with Crippen LogP contribution in [0.3, 0.4) is 0 Å². The summed E-state index contributed by atoms with van der Waals surface area (Å²) in [6, 6.07) is 16.3. The first-order chi connectivity index (χ1) is 10.8. The second-order valence-corrected chi connectivity index (χ2v) is 5.62. The molecule has 0 radical (unpaired) electrons. The summed E-state index contributed by atoms with van der Waals surface area (Å²) in [6.07, 6.45) is 2.10. The lowest BCUT2D eigenvalue weighted by Gasteiger charge is -2.10. The Bertz CT molecular complexity index is 779. The fourth-order valence-electron chi connectivity index (χ4n) is 2.97. The van der Waals surface area contributed by atoms with Crippen molar-refractivity contribution in [3.63, 3.8) is 0 Å². The Morgan fingerprint density at radius 2 is 1.32 bits per heavy atom. The van der Waals surface area contributed by atoms with E-state index in [1.807, 2.05) is 36.4 Å². The Morgan fingerprint density at radius 3 is 1.77 bits per heavy atom. The van der Waals surface area contributed by atoms with Gasteiger partial charge < -0.3 is 9.97 Å². The van der Waals surface area contributed by atoms with Crippen LogP contribution in [0.2, 0.25) is 0 Å². The van der Waals surface area contributed by atoms with Crippen LogP contribution in [-0.2, 0) is 0 Å². The number of H-pyrrole nitrogens is 2. The molecule has 0 aliphatic rings. The molecular weight excluding hydrogens is 272 g/mol. The molecule has 0 amide bonds. The average Bonchev–Trinajstić information content (AvgIpc) is 3.15. The van der Waals surface area contributed by atoms with Crippen molar-refractivity contribution < 1.29 is 0 Å². The molecule has 4 rings (SSSR count). The molecule has 0 fully saturated rings. The molecule has 2 N–H and O–H groups in total. The first kappa shape index (κ1) is 13.1. The molecule has 0 saturated carbocycles. The highest BCUT2D eigenvalue weighted by molar-refractivity contribution is 5.76. The monoisotopic (exact) mass is 290 g/mol. The summed E-state index contributed by atoms with van der Waals surface area (Å²) in [6.45, 7) is 2.19. The van der Waals surface area contributed by atoms with Gasteiger partial charge in [-0.1, -0.05) is 37.6 Å². The van der Waals surface area contributed by atoms with E-state index in [1.165, 1.54) is 0 Å². The molecular formula is C18H18N4. The van der Waals surface area contributed by atoms with Gasteiger partial charge in [-0.25, -0.2) is 9.97 Å². The highest BCUT2D eigenvalue weighted by Crippen LogP contribution is 2.28. The average molecular weight is 290 g/mol. The van der Waals surface area contributed by atoms with Crippen LogP contribution in [-0.4, -0.2) is 19.9 Å². The topological polar surface area (TPSA) is 57.4 Å². The van der Waals surface area contributed by atoms with Gasteiger partial charge in [0.25, 0.3) is 0 Å². The number of para-hydroxylation sites is 4. The maximum absolute atomic E-state index is 4.76. The summed E-state index contributed by atoms with van der Waals surface area (Å²) in [7, 11) is 0. The summed E-state index contributed by atoms with van der Waals surface area (Å²) in [5.74, 6) is 2.15. The van der Waals surface area contributed by atoms with E-state index in [0.717, 1.165) is 46.6 Å². The fourth-order valence-corrected chi connectivity index (χ4v) is 2.97. The van der Waals surface area contributed by atoms with Gasteiger partial charge in [0, 0.05) is 0 Å². The molecule has 0 bridgehead atoms. The lowest BCUT2D eigenvalue weighted by molar-refractivity contribution is 0.641. The largest absolute Gasteiger partial charge is 0.341 e. The minimum Gasteiger partial charge on any atom is -0.341 e. The Kier molecular flexibility index (Phi) is 3.15. The summed E-state index contributed by atoms with van der Waals surface area (Å²) in [5, 5.41) is 0. The number of imidazole rings is 2. The van der Waals surface area contributed by atoms with Gasteiger partial charge in [-0.2, -0.15) is 0 Å². The van der Waals surface area contributed by atoms with E-state index in [4.69, 9.17) is 9.97 Å². The molecule has 4 nitrogen and oxygen atoms in total. The first-order valence-corrected chi connectivity index (χ1v) is 7.74. The number of aromatic amines is 2. The van der Waals surface area contributed by atoms with E-state index in [0.29, 0.717) is 0 Å². The van der Waals surface area contributed by atoms with Crippen LogP contribution in [0, 0.1) is 0 Å². The van der Waals surface area contributed by atoms with Crippen LogP contribution in [0.4, 0.5) is 0 Å². The van der Waals surface area contributed by atoms with Crippen LogP contribution in [0.25, 0.3) is 22.1 Å². The van der Waals surface area contributed by atoms with Crippen molar-refractivity contribution >= 4 is 22.1 Å². The Hall–Kier alpha value is -2.62. The van der Waals surface area contributed by atoms with E-state index in [2.05, 4.69) is 29.0 Å². The van der Waals surface area contributed by atoms with E-state index >= 15 is 0 Å². The highest BCUT2D eigenvalue weighted by atomic mass is 15.0. The van der Waals surface area contributed by atoms with Crippen molar-refractivity contribution in [2.45, 2.75) is 25.7 Å². The molecule has 4 heteroatoms. The third-order valence-electron chi connectivity index (χ3n) is 4.05. The van der Waals surface area contributed by atoms with Crippen molar-refractivity contribution in [2.75, 3.05) is 0 Å². The zero-order chi connectivity index (χ0) is 14.9. The maximum atomic E-state index is 4.76. The molecule has 0 saturated heterocycles. The van der Waals surface area contributed by atoms with Crippen LogP contribution >= 0.6 is 0 Å². The predicted octanol–water partition coefficient (Wildman–Crippen LogP) is 4.37. The molecule has 2 heterocycles. The number of benzene rings is 2. The molecule has 110 valence electrons. The number of rotatable bonds is 4. The third-order valence-corrected chi connectivity index (χ3v) is 4.05. The van der Waals surface area contributed by atoms with Gasteiger partial charge in [0.1, 0.15) is 11.6 Å². The van der Waals surface area contributed by atoms with Gasteiger partial charge in [-0.15, -0.1) is 0 Å². The van der Waals surface area contributed by atoms with Crippen LogP contribution in [0.5, 0.6) is 0 Å². The summed E-state index contributed by atoms with van der Waals surface area (Å²) < 4.78 is 0. The molecule has 0 unspecified atom stereocenters. The van der Waals surface area contributed by atoms with Crippen LogP contribution < -0.4 is 0 Å². The minimum absolute atomic E-state index is 0.171. The van der Waals surface area contributed by atoms with Crippen LogP contribution in [0.15, 0.2) is 48.5 Å². The molecule has 0 atom stereocenters. The SMILES string of the molecule is CCCC(c1nc2ccccc2[nH]1)c1nc2ccccc2[nH]1. The lowest BCUT2D eigenvalue weighted by Crippen LogP contribution is -2.05. The van der Waals surface area contributed by atoms with Crippen LogP contribution in [0.1, 0.15) is 37.3 Å². The number of hydrogen-bond acceptors (Lipinski definition) is 2. The smallest absolute Gasteiger partial charge is 0.117 e. The summed E-state index contributed by atoms with van der Waals surface area (Å²) in [4.78, 5) is 16.4. The standard InChI is InChI=1S/C18H18N4/c1-2-7-12(17-19-13-8-3-4-9-14(13)20-17)18-21-15-10-5-6-11-16(15)22-18/h3-6,8-12H,2,7H2,1H3,(H,19,20)(H,21,22). The number of fused-ring (bicyclic) bond motifs is 2. The second kappa shape index (κ2) is 5.30. The minimum atomic E-state index is 0.171. The summed E-state index contributed by atoms with van der Waals surface area (Å²) >= 11 is 0. The predicted molar refractivity (Wildman–Crippen MR) is 88.9 cm³/mol. The number of nitrogens with one attached hydrogen (secondary N) is 2.